The average Bonchev–Trinajstić information content (AvgIpc) is 2.96. The third-order valence-corrected chi connectivity index (χ3v) is 3.25. The number of ether oxygens (including phenoxy) is 1. The van der Waals surface area contributed by atoms with E-state index in [1.165, 1.54) is 0 Å². The van der Waals surface area contributed by atoms with Crippen LogP contribution in [0.5, 0.6) is 5.75 Å². The Labute approximate surface area is 115 Å². The van der Waals surface area contributed by atoms with Crippen LogP contribution in [0, 0.1) is 11.3 Å². The largest absolute Gasteiger partial charge is 0.484 e. The number of nitrogens with zero attached hydrogens (tertiary/aromatic N) is 1. The lowest BCUT2D eigenvalue weighted by Gasteiger charge is -2.06. The van der Waals surface area contributed by atoms with Crippen LogP contribution in [0.1, 0.15) is 10.4 Å². The Balaban J connectivity index is 1.78. The second kappa shape index (κ2) is 6.57. The summed E-state index contributed by atoms with van der Waals surface area (Å²) in [6, 6.07) is 12.6. The molecule has 1 aromatic carbocycles. The summed E-state index contributed by atoms with van der Waals surface area (Å²) in [6.45, 7) is 0.457. The average molecular weight is 272 g/mol. The van der Waals surface area contributed by atoms with Crippen LogP contribution in [0.3, 0.4) is 0 Å². The molecule has 0 radical (unpaired) electrons. The summed E-state index contributed by atoms with van der Waals surface area (Å²) in [7, 11) is 0. The van der Waals surface area contributed by atoms with Crippen molar-refractivity contribution in [3.8, 4) is 11.8 Å². The predicted molar refractivity (Wildman–Crippen MR) is 72.8 cm³/mol. The summed E-state index contributed by atoms with van der Waals surface area (Å²) in [5.41, 5.74) is 0.511. The number of hydrogen-bond acceptors (Lipinski definition) is 4. The zero-order valence-corrected chi connectivity index (χ0v) is 10.9. The molecule has 96 valence electrons. The zero-order valence-electron chi connectivity index (χ0n) is 10.1. The van der Waals surface area contributed by atoms with Crippen molar-refractivity contribution in [1.29, 1.82) is 5.26 Å². The smallest absolute Gasteiger partial charge is 0.258 e. The maximum atomic E-state index is 11.6. The molecule has 19 heavy (non-hydrogen) atoms. The fraction of sp³-hybridized carbons (Fsp3) is 0.143. The van der Waals surface area contributed by atoms with Gasteiger partial charge in [0.2, 0.25) is 0 Å². The van der Waals surface area contributed by atoms with Crippen molar-refractivity contribution in [3.05, 3.63) is 52.2 Å². The van der Waals surface area contributed by atoms with Crippen LogP contribution in [-0.2, 0) is 11.3 Å². The molecule has 2 aromatic rings. The van der Waals surface area contributed by atoms with Gasteiger partial charge in [-0.2, -0.15) is 5.26 Å². The number of nitriles is 1. The highest BCUT2D eigenvalue weighted by atomic mass is 32.1. The molecule has 0 atom stereocenters. The molecule has 0 bridgehead atoms. The maximum absolute atomic E-state index is 11.6. The Morgan fingerprint density at radius 1 is 1.37 bits per heavy atom. The van der Waals surface area contributed by atoms with Crippen molar-refractivity contribution >= 4 is 17.2 Å². The second-order valence-electron chi connectivity index (χ2n) is 3.78. The van der Waals surface area contributed by atoms with Crippen molar-refractivity contribution in [3.63, 3.8) is 0 Å². The third kappa shape index (κ3) is 4.12. The number of rotatable bonds is 5. The molecule has 0 saturated heterocycles. The molecule has 0 unspecified atom stereocenters. The molecule has 1 amide bonds. The monoisotopic (exact) mass is 272 g/mol. The van der Waals surface area contributed by atoms with Gasteiger partial charge in [0.25, 0.3) is 5.91 Å². The number of carbonyl (C=O) groups excluding carboxylic acids is 1. The normalized spacial score (nSPS) is 9.63. The topological polar surface area (TPSA) is 62.1 Å². The summed E-state index contributed by atoms with van der Waals surface area (Å²) in [6.07, 6.45) is 0. The van der Waals surface area contributed by atoms with Crippen molar-refractivity contribution in [1.82, 2.24) is 5.32 Å². The third-order valence-electron chi connectivity index (χ3n) is 2.37. The Morgan fingerprint density at radius 3 is 3.00 bits per heavy atom. The van der Waals surface area contributed by atoms with Crippen molar-refractivity contribution in [2.24, 2.45) is 0 Å². The van der Waals surface area contributed by atoms with Crippen LogP contribution in [0.25, 0.3) is 0 Å². The molecule has 4 nitrogen and oxygen atoms in total. The Morgan fingerprint density at radius 2 is 2.26 bits per heavy atom. The summed E-state index contributed by atoms with van der Waals surface area (Å²) < 4.78 is 5.32. The van der Waals surface area contributed by atoms with Gasteiger partial charge < -0.3 is 10.1 Å². The van der Waals surface area contributed by atoms with Crippen molar-refractivity contribution in [2.45, 2.75) is 6.54 Å². The number of nitrogens with one attached hydrogen (secondary N) is 1. The van der Waals surface area contributed by atoms with E-state index in [1.807, 2.05) is 23.6 Å². The maximum Gasteiger partial charge on any atom is 0.258 e. The molecular weight excluding hydrogens is 260 g/mol. The lowest BCUT2D eigenvalue weighted by Crippen LogP contribution is -2.28. The zero-order chi connectivity index (χ0) is 13.5. The van der Waals surface area contributed by atoms with Gasteiger partial charge in [0.1, 0.15) is 5.75 Å². The minimum atomic E-state index is -0.184. The first kappa shape index (κ1) is 13.1. The molecule has 5 heteroatoms. The summed E-state index contributed by atoms with van der Waals surface area (Å²) in [4.78, 5) is 12.7. The van der Waals surface area contributed by atoms with Crippen LogP contribution >= 0.6 is 11.3 Å². The van der Waals surface area contributed by atoms with Gasteiger partial charge in [-0.25, -0.2) is 0 Å². The van der Waals surface area contributed by atoms with Gasteiger partial charge in [-0.05, 0) is 29.6 Å². The van der Waals surface area contributed by atoms with E-state index in [0.717, 1.165) is 4.88 Å². The van der Waals surface area contributed by atoms with Gasteiger partial charge in [-0.3, -0.25) is 4.79 Å². The Hall–Kier alpha value is -2.32. The van der Waals surface area contributed by atoms with Crippen LogP contribution in [-0.4, -0.2) is 12.5 Å². The number of carbonyl (C=O) groups is 1. The van der Waals surface area contributed by atoms with Gasteiger partial charge in [0.05, 0.1) is 18.2 Å². The highest BCUT2D eigenvalue weighted by Crippen LogP contribution is 2.12. The second-order valence-corrected chi connectivity index (χ2v) is 4.82. The molecular formula is C14H12N2O2S. The summed E-state index contributed by atoms with van der Waals surface area (Å²) >= 11 is 1.59. The number of thiophene rings is 1. The number of amides is 1. The standard InChI is InChI=1S/C14H12N2O2S/c15-8-11-3-1-4-12(7-11)18-10-14(17)16-9-13-5-2-6-19-13/h1-7H,9-10H2,(H,16,17). The molecule has 1 heterocycles. The first-order chi connectivity index (χ1) is 9.28. The molecule has 0 aliphatic heterocycles. The summed E-state index contributed by atoms with van der Waals surface area (Å²) in [5.74, 6) is 0.334. The highest BCUT2D eigenvalue weighted by molar-refractivity contribution is 7.09. The van der Waals surface area contributed by atoms with E-state index in [4.69, 9.17) is 10.00 Å². The van der Waals surface area contributed by atoms with Gasteiger partial charge in [0.15, 0.2) is 6.61 Å². The minimum Gasteiger partial charge on any atom is -0.484 e. The van der Waals surface area contributed by atoms with Crippen LogP contribution in [0.15, 0.2) is 41.8 Å². The molecule has 0 aliphatic rings. The molecule has 0 fully saturated rings. The van der Waals surface area contributed by atoms with Crippen LogP contribution in [0.4, 0.5) is 0 Å². The van der Waals surface area contributed by atoms with E-state index in [2.05, 4.69) is 5.32 Å². The minimum absolute atomic E-state index is 0.0553. The first-order valence-electron chi connectivity index (χ1n) is 5.70. The fourth-order valence-electron chi connectivity index (χ4n) is 1.45. The summed E-state index contributed by atoms with van der Waals surface area (Å²) in [5, 5.41) is 13.5. The van der Waals surface area contributed by atoms with Gasteiger partial charge in [0, 0.05) is 4.88 Å². The van der Waals surface area contributed by atoms with E-state index in [9.17, 15) is 4.79 Å². The van der Waals surface area contributed by atoms with E-state index in [-0.39, 0.29) is 12.5 Å². The van der Waals surface area contributed by atoms with Crippen LogP contribution in [0.2, 0.25) is 0 Å². The fourth-order valence-corrected chi connectivity index (χ4v) is 2.10. The van der Waals surface area contributed by atoms with E-state index in [1.54, 1.807) is 35.6 Å². The quantitative estimate of drug-likeness (QED) is 0.908. The molecule has 0 spiro atoms. The van der Waals surface area contributed by atoms with E-state index in [0.29, 0.717) is 17.9 Å². The van der Waals surface area contributed by atoms with E-state index < -0.39 is 0 Å². The molecule has 2 rings (SSSR count). The lowest BCUT2D eigenvalue weighted by atomic mass is 10.2. The number of hydrogen-bond donors (Lipinski definition) is 1. The SMILES string of the molecule is N#Cc1cccc(OCC(=O)NCc2cccs2)c1. The highest BCUT2D eigenvalue weighted by Gasteiger charge is 2.03. The van der Waals surface area contributed by atoms with E-state index >= 15 is 0 Å². The van der Waals surface area contributed by atoms with Gasteiger partial charge in [-0.15, -0.1) is 11.3 Å². The van der Waals surface area contributed by atoms with Crippen LogP contribution < -0.4 is 10.1 Å². The Bertz CT molecular complexity index is 588. The van der Waals surface area contributed by atoms with Gasteiger partial charge >= 0.3 is 0 Å². The molecule has 1 N–H and O–H groups in total. The Kier molecular flexibility index (Phi) is 4.54. The molecule has 1 aromatic heterocycles. The van der Waals surface area contributed by atoms with Gasteiger partial charge in [-0.1, -0.05) is 12.1 Å². The first-order valence-corrected chi connectivity index (χ1v) is 6.58. The van der Waals surface area contributed by atoms with Crippen molar-refractivity contribution < 1.29 is 9.53 Å². The molecule has 0 aliphatic carbocycles. The molecule has 0 saturated carbocycles. The number of benzene rings is 1. The van der Waals surface area contributed by atoms with Crippen molar-refractivity contribution in [2.75, 3.05) is 6.61 Å². The predicted octanol–water partition coefficient (Wildman–Crippen LogP) is 2.31. The lowest BCUT2D eigenvalue weighted by molar-refractivity contribution is -0.123.